The van der Waals surface area contributed by atoms with Crippen LogP contribution in [0, 0.1) is 5.82 Å². The standard InChI is InChI=1S/C14H17ClFNO3S/c1-21(19,20)10-7-8-17(9-10)14(18)6-5-11-12(15)3-2-4-13(11)16/h2-4,10H,5-9H2,1H3. The normalized spacial score (nSPS) is 19.0. The Hall–Kier alpha value is -1.14. The second-order valence-electron chi connectivity index (χ2n) is 5.28. The maximum absolute atomic E-state index is 13.6. The maximum atomic E-state index is 13.6. The molecule has 0 radical (unpaired) electrons. The van der Waals surface area contributed by atoms with Crippen molar-refractivity contribution < 1.29 is 17.6 Å². The highest BCUT2D eigenvalue weighted by Gasteiger charge is 2.32. The summed E-state index contributed by atoms with van der Waals surface area (Å²) >= 11 is 5.91. The van der Waals surface area contributed by atoms with E-state index in [4.69, 9.17) is 11.6 Å². The smallest absolute Gasteiger partial charge is 0.222 e. The lowest BCUT2D eigenvalue weighted by molar-refractivity contribution is -0.130. The number of nitrogens with zero attached hydrogens (tertiary/aromatic N) is 1. The van der Waals surface area contributed by atoms with Crippen LogP contribution in [0.5, 0.6) is 0 Å². The largest absolute Gasteiger partial charge is 0.341 e. The van der Waals surface area contributed by atoms with Crippen molar-refractivity contribution in [3.63, 3.8) is 0 Å². The van der Waals surface area contributed by atoms with E-state index in [1.165, 1.54) is 23.3 Å². The van der Waals surface area contributed by atoms with Crippen molar-refractivity contribution >= 4 is 27.3 Å². The molecule has 1 aromatic rings. The monoisotopic (exact) mass is 333 g/mol. The minimum Gasteiger partial charge on any atom is -0.341 e. The van der Waals surface area contributed by atoms with Crippen molar-refractivity contribution in [2.75, 3.05) is 19.3 Å². The molecule has 1 amide bonds. The van der Waals surface area contributed by atoms with Gasteiger partial charge >= 0.3 is 0 Å². The fourth-order valence-electron chi connectivity index (χ4n) is 2.47. The van der Waals surface area contributed by atoms with Crippen LogP contribution in [0.15, 0.2) is 18.2 Å². The summed E-state index contributed by atoms with van der Waals surface area (Å²) in [4.78, 5) is 13.6. The van der Waals surface area contributed by atoms with Crippen LogP contribution in [-0.2, 0) is 21.1 Å². The van der Waals surface area contributed by atoms with E-state index in [0.717, 1.165) is 0 Å². The van der Waals surface area contributed by atoms with Gasteiger partial charge in [0.15, 0.2) is 9.84 Å². The van der Waals surface area contributed by atoms with Gasteiger partial charge in [-0.2, -0.15) is 0 Å². The average molecular weight is 334 g/mol. The van der Waals surface area contributed by atoms with E-state index in [1.807, 2.05) is 0 Å². The molecule has 116 valence electrons. The molecule has 0 saturated carbocycles. The van der Waals surface area contributed by atoms with Crippen LogP contribution in [0.2, 0.25) is 5.02 Å². The van der Waals surface area contributed by atoms with Crippen LogP contribution >= 0.6 is 11.6 Å². The van der Waals surface area contributed by atoms with Gasteiger partial charge in [0.25, 0.3) is 0 Å². The molecule has 1 aromatic carbocycles. The predicted octanol–water partition coefficient (Wildman–Crippen LogP) is 2.06. The molecule has 1 aliphatic heterocycles. The summed E-state index contributed by atoms with van der Waals surface area (Å²) in [7, 11) is -3.12. The summed E-state index contributed by atoms with van der Waals surface area (Å²) in [6.07, 6.45) is 1.98. The van der Waals surface area contributed by atoms with Crippen LogP contribution in [0.4, 0.5) is 4.39 Å². The first-order valence-corrected chi connectivity index (χ1v) is 9.02. The molecule has 1 aliphatic rings. The van der Waals surface area contributed by atoms with Gasteiger partial charge in [-0.3, -0.25) is 4.79 Å². The zero-order valence-corrected chi connectivity index (χ0v) is 13.3. The van der Waals surface area contributed by atoms with Crippen molar-refractivity contribution in [1.82, 2.24) is 4.90 Å². The molecular weight excluding hydrogens is 317 g/mol. The van der Waals surface area contributed by atoms with Crippen LogP contribution in [0.1, 0.15) is 18.4 Å². The zero-order chi connectivity index (χ0) is 15.6. The van der Waals surface area contributed by atoms with E-state index in [1.54, 1.807) is 6.07 Å². The predicted molar refractivity (Wildman–Crippen MR) is 79.6 cm³/mol. The van der Waals surface area contributed by atoms with Gasteiger partial charge in [0.1, 0.15) is 5.82 Å². The van der Waals surface area contributed by atoms with Gasteiger partial charge in [-0.25, -0.2) is 12.8 Å². The van der Waals surface area contributed by atoms with Gasteiger partial charge < -0.3 is 4.90 Å². The highest BCUT2D eigenvalue weighted by atomic mass is 35.5. The second kappa shape index (κ2) is 6.32. The van der Waals surface area contributed by atoms with E-state index >= 15 is 0 Å². The Labute approximate surface area is 128 Å². The number of carbonyl (C=O) groups excluding carboxylic acids is 1. The molecule has 21 heavy (non-hydrogen) atoms. The van der Waals surface area contributed by atoms with E-state index in [-0.39, 0.29) is 25.3 Å². The average Bonchev–Trinajstić information content (AvgIpc) is 2.87. The third kappa shape index (κ3) is 3.95. The number of carbonyl (C=O) groups is 1. The molecule has 1 atom stereocenters. The molecule has 4 nitrogen and oxygen atoms in total. The van der Waals surface area contributed by atoms with Crippen LogP contribution in [0.3, 0.4) is 0 Å². The Kier molecular flexibility index (Phi) is 4.88. The zero-order valence-electron chi connectivity index (χ0n) is 11.7. The maximum Gasteiger partial charge on any atom is 0.222 e. The summed E-state index contributed by atoms with van der Waals surface area (Å²) in [6.45, 7) is 0.657. The minimum absolute atomic E-state index is 0.122. The van der Waals surface area contributed by atoms with Crippen molar-refractivity contribution in [3.8, 4) is 0 Å². The summed E-state index contributed by atoms with van der Waals surface area (Å²) in [6, 6.07) is 4.40. The number of likely N-dealkylation sites (tertiary alicyclic amines) is 1. The fourth-order valence-corrected chi connectivity index (χ4v) is 3.71. The van der Waals surface area contributed by atoms with Gasteiger partial charge in [-0.15, -0.1) is 0 Å². The molecule has 0 aromatic heterocycles. The van der Waals surface area contributed by atoms with Gasteiger partial charge in [0, 0.05) is 36.4 Å². The molecule has 7 heteroatoms. The first-order chi connectivity index (χ1) is 9.79. The Balaban J connectivity index is 1.95. The SMILES string of the molecule is CS(=O)(=O)C1CCN(C(=O)CCc2c(F)cccc2Cl)C1. The molecule has 0 N–H and O–H groups in total. The lowest BCUT2D eigenvalue weighted by Crippen LogP contribution is -2.31. The highest BCUT2D eigenvalue weighted by Crippen LogP contribution is 2.22. The molecule has 1 saturated heterocycles. The quantitative estimate of drug-likeness (QED) is 0.847. The lowest BCUT2D eigenvalue weighted by atomic mass is 10.1. The third-order valence-corrected chi connectivity index (χ3v) is 5.70. The summed E-state index contributed by atoms with van der Waals surface area (Å²) < 4.78 is 36.5. The fraction of sp³-hybridized carbons (Fsp3) is 0.500. The number of amides is 1. The third-order valence-electron chi connectivity index (χ3n) is 3.75. The van der Waals surface area contributed by atoms with E-state index in [9.17, 15) is 17.6 Å². The number of halogens is 2. The minimum atomic E-state index is -3.12. The molecule has 1 fully saturated rings. The number of hydrogen-bond donors (Lipinski definition) is 0. The highest BCUT2D eigenvalue weighted by molar-refractivity contribution is 7.91. The first-order valence-electron chi connectivity index (χ1n) is 6.68. The Bertz CT molecular complexity index is 627. The van der Waals surface area contributed by atoms with Gasteiger partial charge in [-0.05, 0) is 25.0 Å². The summed E-state index contributed by atoms with van der Waals surface area (Å²) in [5, 5.41) is -0.184. The van der Waals surface area contributed by atoms with Crippen molar-refractivity contribution in [2.24, 2.45) is 0 Å². The summed E-state index contributed by atoms with van der Waals surface area (Å²) in [5.41, 5.74) is 0.325. The van der Waals surface area contributed by atoms with E-state index < -0.39 is 20.9 Å². The number of hydrogen-bond acceptors (Lipinski definition) is 3. The molecule has 0 spiro atoms. The number of sulfone groups is 1. The molecule has 2 rings (SSSR count). The van der Waals surface area contributed by atoms with E-state index in [0.29, 0.717) is 23.6 Å². The molecule has 0 aliphatic carbocycles. The Morgan fingerprint density at radius 1 is 1.48 bits per heavy atom. The van der Waals surface area contributed by atoms with Gasteiger partial charge in [0.2, 0.25) is 5.91 Å². The van der Waals surface area contributed by atoms with Gasteiger partial charge in [-0.1, -0.05) is 17.7 Å². The summed E-state index contributed by atoms with van der Waals surface area (Å²) in [5.74, 6) is -0.591. The van der Waals surface area contributed by atoms with Crippen LogP contribution in [0.25, 0.3) is 0 Å². The molecule has 1 unspecified atom stereocenters. The van der Waals surface area contributed by atoms with Crippen LogP contribution < -0.4 is 0 Å². The topological polar surface area (TPSA) is 54.5 Å². The molecular formula is C14H17ClFNO3S. The lowest BCUT2D eigenvalue weighted by Gasteiger charge is -2.16. The van der Waals surface area contributed by atoms with Crippen LogP contribution in [-0.4, -0.2) is 43.8 Å². The second-order valence-corrected chi connectivity index (χ2v) is 8.01. The molecule has 0 bridgehead atoms. The first kappa shape index (κ1) is 16.2. The van der Waals surface area contributed by atoms with E-state index in [2.05, 4.69) is 0 Å². The van der Waals surface area contributed by atoms with Crippen molar-refractivity contribution in [3.05, 3.63) is 34.6 Å². The Morgan fingerprint density at radius 2 is 2.19 bits per heavy atom. The number of rotatable bonds is 4. The number of benzene rings is 1. The van der Waals surface area contributed by atoms with Gasteiger partial charge in [0.05, 0.1) is 5.25 Å². The Morgan fingerprint density at radius 3 is 2.76 bits per heavy atom. The van der Waals surface area contributed by atoms with Crippen molar-refractivity contribution in [1.29, 1.82) is 0 Å². The van der Waals surface area contributed by atoms with Crippen molar-refractivity contribution in [2.45, 2.75) is 24.5 Å². The molecule has 1 heterocycles.